The lowest BCUT2D eigenvalue weighted by molar-refractivity contribution is -0.135. The zero-order valence-electron chi connectivity index (χ0n) is 13.5. The lowest BCUT2D eigenvalue weighted by Crippen LogP contribution is -2.43. The van der Waals surface area contributed by atoms with Crippen LogP contribution in [0.4, 0.5) is 8.78 Å². The van der Waals surface area contributed by atoms with Crippen LogP contribution >= 0.6 is 0 Å². The summed E-state index contributed by atoms with van der Waals surface area (Å²) in [5.41, 5.74) is -0.503. The summed E-state index contributed by atoms with van der Waals surface area (Å²) in [5.74, 6) is -1.77. The third-order valence-corrected chi connectivity index (χ3v) is 3.46. The van der Waals surface area contributed by atoms with Crippen molar-refractivity contribution in [1.82, 2.24) is 10.2 Å². The van der Waals surface area contributed by atoms with Gasteiger partial charge in [0, 0.05) is 18.0 Å². The fourth-order valence-electron chi connectivity index (χ4n) is 1.81. The van der Waals surface area contributed by atoms with Gasteiger partial charge in [-0.3, -0.25) is 9.59 Å². The highest BCUT2D eigenvalue weighted by Gasteiger charge is 2.24. The summed E-state index contributed by atoms with van der Waals surface area (Å²) < 4.78 is 27.0. The molecule has 0 spiro atoms. The highest BCUT2D eigenvalue weighted by atomic mass is 19.1. The summed E-state index contributed by atoms with van der Waals surface area (Å²) in [7, 11) is 1.49. The largest absolute Gasteiger partial charge is 0.347 e. The minimum Gasteiger partial charge on any atom is -0.347 e. The third kappa shape index (κ3) is 4.51. The molecule has 0 saturated carbocycles. The zero-order chi connectivity index (χ0) is 17.1. The molecule has 1 aromatic rings. The summed E-state index contributed by atoms with van der Waals surface area (Å²) in [4.78, 5) is 25.1. The predicted molar refractivity (Wildman–Crippen MR) is 80.0 cm³/mol. The molecule has 22 heavy (non-hydrogen) atoms. The standard InChI is InChI=1S/C16H22F2N2O2/c1-10(12-8-11(17)6-7-13(12)18)20(5)14(21)9-19-15(22)16(2,3)4/h6-8,10H,9H2,1-5H3,(H,19,22). The lowest BCUT2D eigenvalue weighted by Gasteiger charge is -2.26. The van der Waals surface area contributed by atoms with E-state index in [2.05, 4.69) is 5.32 Å². The molecule has 122 valence electrons. The van der Waals surface area contributed by atoms with Crippen LogP contribution in [0.15, 0.2) is 18.2 Å². The molecule has 0 aromatic heterocycles. The van der Waals surface area contributed by atoms with E-state index in [1.165, 1.54) is 11.9 Å². The van der Waals surface area contributed by atoms with Crippen molar-refractivity contribution < 1.29 is 18.4 Å². The van der Waals surface area contributed by atoms with Gasteiger partial charge in [0.05, 0.1) is 12.6 Å². The van der Waals surface area contributed by atoms with Crippen LogP contribution in [0.5, 0.6) is 0 Å². The number of hydrogen-bond acceptors (Lipinski definition) is 2. The Bertz CT molecular complexity index is 568. The van der Waals surface area contributed by atoms with E-state index in [-0.39, 0.29) is 23.9 Å². The molecule has 0 aliphatic carbocycles. The second-order valence-corrected chi connectivity index (χ2v) is 6.28. The Morgan fingerprint density at radius 3 is 2.41 bits per heavy atom. The maximum absolute atomic E-state index is 13.7. The zero-order valence-corrected chi connectivity index (χ0v) is 13.5. The van der Waals surface area contributed by atoms with E-state index >= 15 is 0 Å². The summed E-state index contributed by atoms with van der Waals surface area (Å²) in [6.45, 7) is 6.62. The maximum Gasteiger partial charge on any atom is 0.242 e. The molecule has 1 unspecified atom stereocenters. The molecule has 2 amide bonds. The van der Waals surface area contributed by atoms with Gasteiger partial charge in [-0.1, -0.05) is 20.8 Å². The van der Waals surface area contributed by atoms with Crippen molar-refractivity contribution in [2.24, 2.45) is 5.41 Å². The first kappa shape index (κ1) is 18.1. The van der Waals surface area contributed by atoms with Crippen LogP contribution in [0.25, 0.3) is 0 Å². The Hall–Kier alpha value is -1.98. The van der Waals surface area contributed by atoms with E-state index in [1.54, 1.807) is 27.7 Å². The van der Waals surface area contributed by atoms with E-state index < -0.39 is 23.1 Å². The Labute approximate surface area is 129 Å². The Kier molecular flexibility index (Phi) is 5.63. The van der Waals surface area contributed by atoms with Crippen LogP contribution in [-0.4, -0.2) is 30.3 Å². The monoisotopic (exact) mass is 312 g/mol. The van der Waals surface area contributed by atoms with Gasteiger partial charge >= 0.3 is 0 Å². The Morgan fingerprint density at radius 1 is 1.27 bits per heavy atom. The molecule has 1 atom stereocenters. The quantitative estimate of drug-likeness (QED) is 0.929. The minimum absolute atomic E-state index is 0.0954. The van der Waals surface area contributed by atoms with Crippen molar-refractivity contribution in [3.63, 3.8) is 0 Å². The number of amides is 2. The second-order valence-electron chi connectivity index (χ2n) is 6.28. The topological polar surface area (TPSA) is 49.4 Å². The number of hydrogen-bond donors (Lipinski definition) is 1. The first-order valence-corrected chi connectivity index (χ1v) is 7.03. The fourth-order valence-corrected chi connectivity index (χ4v) is 1.81. The molecule has 0 heterocycles. The second kappa shape index (κ2) is 6.85. The highest BCUT2D eigenvalue weighted by molar-refractivity contribution is 5.87. The fraction of sp³-hybridized carbons (Fsp3) is 0.500. The summed E-state index contributed by atoms with van der Waals surface area (Å²) in [6, 6.07) is 2.48. The smallest absolute Gasteiger partial charge is 0.242 e. The lowest BCUT2D eigenvalue weighted by atomic mass is 9.96. The van der Waals surface area contributed by atoms with Crippen molar-refractivity contribution in [3.05, 3.63) is 35.4 Å². The van der Waals surface area contributed by atoms with Gasteiger partial charge in [0.15, 0.2) is 0 Å². The van der Waals surface area contributed by atoms with E-state index in [0.717, 1.165) is 18.2 Å². The van der Waals surface area contributed by atoms with Crippen LogP contribution in [0.3, 0.4) is 0 Å². The van der Waals surface area contributed by atoms with Crippen LogP contribution < -0.4 is 5.32 Å². The number of benzene rings is 1. The number of carbonyl (C=O) groups excluding carboxylic acids is 2. The van der Waals surface area contributed by atoms with Crippen LogP contribution in [0.1, 0.15) is 39.3 Å². The summed E-state index contributed by atoms with van der Waals surface area (Å²) >= 11 is 0. The molecular weight excluding hydrogens is 290 g/mol. The van der Waals surface area contributed by atoms with Crippen molar-refractivity contribution in [2.45, 2.75) is 33.7 Å². The van der Waals surface area contributed by atoms with Gasteiger partial charge in [-0.15, -0.1) is 0 Å². The summed E-state index contributed by atoms with van der Waals surface area (Å²) in [6.07, 6.45) is 0. The van der Waals surface area contributed by atoms with Gasteiger partial charge in [-0.2, -0.15) is 0 Å². The third-order valence-electron chi connectivity index (χ3n) is 3.46. The van der Waals surface area contributed by atoms with Gasteiger partial charge in [0.2, 0.25) is 11.8 Å². The number of halogens is 2. The van der Waals surface area contributed by atoms with E-state index in [0.29, 0.717) is 0 Å². The number of rotatable bonds is 4. The molecule has 0 aliphatic rings. The molecule has 0 saturated heterocycles. The van der Waals surface area contributed by atoms with Gasteiger partial charge in [-0.05, 0) is 25.1 Å². The molecule has 1 aromatic carbocycles. The summed E-state index contributed by atoms with van der Waals surface area (Å²) in [5, 5.41) is 2.54. The minimum atomic E-state index is -0.644. The van der Waals surface area contributed by atoms with Gasteiger partial charge in [0.25, 0.3) is 0 Å². The van der Waals surface area contributed by atoms with E-state index in [1.807, 2.05) is 0 Å². The molecule has 0 aliphatic heterocycles. The molecular formula is C16H22F2N2O2. The van der Waals surface area contributed by atoms with Crippen LogP contribution in [0, 0.1) is 17.0 Å². The SMILES string of the molecule is CC(c1cc(F)ccc1F)N(C)C(=O)CNC(=O)C(C)(C)C. The molecule has 1 rings (SSSR count). The first-order valence-electron chi connectivity index (χ1n) is 7.03. The Morgan fingerprint density at radius 2 is 1.86 bits per heavy atom. The Balaban J connectivity index is 2.74. The maximum atomic E-state index is 13.7. The van der Waals surface area contributed by atoms with Gasteiger partial charge in [-0.25, -0.2) is 8.78 Å². The van der Waals surface area contributed by atoms with Crippen LogP contribution in [-0.2, 0) is 9.59 Å². The first-order chi connectivity index (χ1) is 10.0. The average molecular weight is 312 g/mol. The predicted octanol–water partition coefficient (Wildman–Crippen LogP) is 2.65. The van der Waals surface area contributed by atoms with Crippen molar-refractivity contribution in [2.75, 3.05) is 13.6 Å². The molecule has 6 heteroatoms. The van der Waals surface area contributed by atoms with Crippen LogP contribution in [0.2, 0.25) is 0 Å². The molecule has 4 nitrogen and oxygen atoms in total. The highest BCUT2D eigenvalue weighted by Crippen LogP contribution is 2.22. The number of nitrogens with one attached hydrogen (secondary N) is 1. The van der Waals surface area contributed by atoms with Crippen molar-refractivity contribution in [3.8, 4) is 0 Å². The number of likely N-dealkylation sites (N-methyl/N-ethyl adjacent to an activating group) is 1. The molecule has 1 N–H and O–H groups in total. The van der Waals surface area contributed by atoms with Crippen molar-refractivity contribution in [1.29, 1.82) is 0 Å². The average Bonchev–Trinajstić information content (AvgIpc) is 2.44. The van der Waals surface area contributed by atoms with Crippen molar-refractivity contribution >= 4 is 11.8 Å². The van der Waals surface area contributed by atoms with Gasteiger partial charge < -0.3 is 10.2 Å². The number of nitrogens with zero attached hydrogens (tertiary/aromatic N) is 1. The molecule has 0 bridgehead atoms. The molecule has 0 radical (unpaired) electrons. The molecule has 0 fully saturated rings. The van der Waals surface area contributed by atoms with E-state index in [9.17, 15) is 18.4 Å². The van der Waals surface area contributed by atoms with E-state index in [4.69, 9.17) is 0 Å². The number of carbonyl (C=O) groups is 2. The normalized spacial score (nSPS) is 12.7. The van der Waals surface area contributed by atoms with Gasteiger partial charge in [0.1, 0.15) is 11.6 Å².